The monoisotopic (exact) mass is 205 g/mol. The lowest BCUT2D eigenvalue weighted by molar-refractivity contribution is -0.131. The molecule has 0 saturated carbocycles. The van der Waals surface area contributed by atoms with Crippen LogP contribution in [0.3, 0.4) is 0 Å². The number of carbonyl (C=O) groups is 2. The van der Waals surface area contributed by atoms with E-state index in [0.717, 1.165) is 12.2 Å². The van der Waals surface area contributed by atoms with Crippen LogP contribution in [0, 0.1) is 0 Å². The number of amides is 1. The Hall–Kier alpha value is -1.17. The second kappa shape index (κ2) is 6.36. The van der Waals surface area contributed by atoms with Crippen LogP contribution in [0.15, 0.2) is 12.2 Å². The van der Waals surface area contributed by atoms with Gasteiger partial charge < -0.3 is 10.4 Å². The van der Waals surface area contributed by atoms with Crippen LogP contribution >= 0.6 is 0 Å². The van der Waals surface area contributed by atoms with Crippen molar-refractivity contribution in [1.82, 2.24) is 5.32 Å². The van der Waals surface area contributed by atoms with E-state index in [4.69, 9.17) is 5.11 Å². The first-order valence-electron chi connectivity index (χ1n) is 3.51. The third kappa shape index (κ3) is 8.74. The Balaban J connectivity index is 3.64. The van der Waals surface area contributed by atoms with Crippen molar-refractivity contribution >= 4 is 22.7 Å². The van der Waals surface area contributed by atoms with Crippen LogP contribution in [0.2, 0.25) is 0 Å². The van der Waals surface area contributed by atoms with Gasteiger partial charge >= 0.3 is 5.97 Å². The van der Waals surface area contributed by atoms with E-state index < -0.39 is 22.7 Å². The summed E-state index contributed by atoms with van der Waals surface area (Å²) < 4.78 is 10.5. The van der Waals surface area contributed by atoms with Gasteiger partial charge in [-0.3, -0.25) is 9.00 Å². The van der Waals surface area contributed by atoms with Gasteiger partial charge in [0.05, 0.1) is 0 Å². The normalized spacial score (nSPS) is 12.7. The number of aliphatic carboxylic acids is 1. The molecule has 1 unspecified atom stereocenters. The standard InChI is InChI=1S/C7H11NO4S/c1-13(12)5-4-8-6(9)2-3-7(10)11/h2-3H,4-5H2,1H3,(H,8,9)(H,10,11)/b3-2+. The van der Waals surface area contributed by atoms with E-state index in [-0.39, 0.29) is 6.54 Å². The summed E-state index contributed by atoms with van der Waals surface area (Å²) in [6, 6.07) is 0. The van der Waals surface area contributed by atoms with Gasteiger partial charge in [-0.1, -0.05) is 0 Å². The molecule has 0 radical (unpaired) electrons. The molecule has 0 aliphatic rings. The first-order valence-corrected chi connectivity index (χ1v) is 5.24. The Morgan fingerprint density at radius 1 is 1.46 bits per heavy atom. The number of rotatable bonds is 5. The molecular formula is C7H11NO4S. The van der Waals surface area contributed by atoms with Crippen LogP contribution in [-0.4, -0.2) is 39.7 Å². The first kappa shape index (κ1) is 11.8. The molecule has 6 heteroatoms. The highest BCUT2D eigenvalue weighted by Gasteiger charge is 1.96. The number of nitrogens with one attached hydrogen (secondary N) is 1. The van der Waals surface area contributed by atoms with E-state index in [1.807, 2.05) is 0 Å². The number of carboxylic acid groups (broad SMARTS) is 1. The van der Waals surface area contributed by atoms with Crippen LogP contribution in [0.5, 0.6) is 0 Å². The van der Waals surface area contributed by atoms with E-state index in [2.05, 4.69) is 5.32 Å². The fraction of sp³-hybridized carbons (Fsp3) is 0.429. The Kier molecular flexibility index (Phi) is 5.79. The maximum atomic E-state index is 10.8. The lowest BCUT2D eigenvalue weighted by atomic mass is 10.4. The molecule has 0 heterocycles. The van der Waals surface area contributed by atoms with Crippen LogP contribution in [0.25, 0.3) is 0 Å². The average Bonchev–Trinajstić information content (AvgIpc) is 2.00. The zero-order valence-corrected chi connectivity index (χ0v) is 7.97. The molecule has 0 rings (SSSR count). The number of hydrogen-bond donors (Lipinski definition) is 2. The second-order valence-electron chi connectivity index (χ2n) is 2.24. The molecule has 0 saturated heterocycles. The van der Waals surface area contributed by atoms with Crippen molar-refractivity contribution in [2.75, 3.05) is 18.6 Å². The van der Waals surface area contributed by atoms with Crippen molar-refractivity contribution in [1.29, 1.82) is 0 Å². The third-order valence-electron chi connectivity index (χ3n) is 1.07. The van der Waals surface area contributed by atoms with Crippen LogP contribution < -0.4 is 5.32 Å². The van der Waals surface area contributed by atoms with E-state index in [9.17, 15) is 13.8 Å². The van der Waals surface area contributed by atoms with E-state index in [0.29, 0.717) is 5.75 Å². The molecule has 1 amide bonds. The van der Waals surface area contributed by atoms with Gasteiger partial charge in [0.2, 0.25) is 5.91 Å². The fourth-order valence-corrected chi connectivity index (χ4v) is 0.913. The summed E-state index contributed by atoms with van der Waals surface area (Å²) in [5.41, 5.74) is 0. The Morgan fingerprint density at radius 2 is 2.08 bits per heavy atom. The molecule has 74 valence electrons. The largest absolute Gasteiger partial charge is 0.478 e. The van der Waals surface area contributed by atoms with Crippen LogP contribution in [0.4, 0.5) is 0 Å². The summed E-state index contributed by atoms with van der Waals surface area (Å²) >= 11 is 0. The van der Waals surface area contributed by atoms with Gasteiger partial charge in [0, 0.05) is 41.5 Å². The number of carboxylic acids is 1. The maximum Gasteiger partial charge on any atom is 0.328 e. The predicted molar refractivity (Wildman–Crippen MR) is 48.7 cm³/mol. The maximum absolute atomic E-state index is 10.8. The molecular weight excluding hydrogens is 194 g/mol. The van der Waals surface area contributed by atoms with Gasteiger partial charge in [-0.05, 0) is 0 Å². The average molecular weight is 205 g/mol. The highest BCUT2D eigenvalue weighted by molar-refractivity contribution is 7.84. The van der Waals surface area contributed by atoms with Gasteiger partial charge in [0.25, 0.3) is 0 Å². The molecule has 13 heavy (non-hydrogen) atoms. The van der Waals surface area contributed by atoms with Crippen molar-refractivity contribution in [2.45, 2.75) is 0 Å². The minimum atomic E-state index is -1.17. The molecule has 0 aromatic carbocycles. The van der Waals surface area contributed by atoms with Gasteiger partial charge in [-0.15, -0.1) is 0 Å². The molecule has 0 spiro atoms. The van der Waals surface area contributed by atoms with Crippen molar-refractivity contribution < 1.29 is 18.9 Å². The van der Waals surface area contributed by atoms with Crippen molar-refractivity contribution in [3.63, 3.8) is 0 Å². The van der Waals surface area contributed by atoms with E-state index in [1.54, 1.807) is 0 Å². The Labute approximate surface area is 78.3 Å². The van der Waals surface area contributed by atoms with Gasteiger partial charge in [0.1, 0.15) is 0 Å². The summed E-state index contributed by atoms with van der Waals surface area (Å²) in [6.45, 7) is 0.284. The van der Waals surface area contributed by atoms with Gasteiger partial charge in [0.15, 0.2) is 0 Å². The molecule has 0 aliphatic heterocycles. The molecule has 1 atom stereocenters. The highest BCUT2D eigenvalue weighted by Crippen LogP contribution is 1.76. The topological polar surface area (TPSA) is 83.5 Å². The van der Waals surface area contributed by atoms with E-state index in [1.165, 1.54) is 6.26 Å². The Bertz CT molecular complexity index is 249. The lowest BCUT2D eigenvalue weighted by Crippen LogP contribution is -2.25. The zero-order valence-electron chi connectivity index (χ0n) is 7.15. The lowest BCUT2D eigenvalue weighted by Gasteiger charge is -1.98. The number of carbonyl (C=O) groups excluding carboxylic acids is 1. The quantitative estimate of drug-likeness (QED) is 0.571. The molecule has 2 N–H and O–H groups in total. The van der Waals surface area contributed by atoms with E-state index >= 15 is 0 Å². The highest BCUT2D eigenvalue weighted by atomic mass is 32.2. The fourth-order valence-electron chi connectivity index (χ4n) is 0.524. The smallest absolute Gasteiger partial charge is 0.328 e. The van der Waals surface area contributed by atoms with Crippen molar-refractivity contribution in [3.8, 4) is 0 Å². The summed E-state index contributed by atoms with van der Waals surface area (Å²) in [6.07, 6.45) is 3.19. The molecule has 0 aromatic heterocycles. The van der Waals surface area contributed by atoms with Crippen molar-refractivity contribution in [2.24, 2.45) is 0 Å². The summed E-state index contributed by atoms with van der Waals surface area (Å²) in [4.78, 5) is 20.7. The zero-order chi connectivity index (χ0) is 10.3. The molecule has 0 aromatic rings. The van der Waals surface area contributed by atoms with Crippen molar-refractivity contribution in [3.05, 3.63) is 12.2 Å². The molecule has 0 fully saturated rings. The molecule has 5 nitrogen and oxygen atoms in total. The molecule has 0 aliphatic carbocycles. The summed E-state index contributed by atoms with van der Waals surface area (Å²) in [7, 11) is -0.950. The van der Waals surface area contributed by atoms with Crippen LogP contribution in [-0.2, 0) is 20.4 Å². The second-order valence-corrected chi connectivity index (χ2v) is 3.79. The Morgan fingerprint density at radius 3 is 2.54 bits per heavy atom. The third-order valence-corrected chi connectivity index (χ3v) is 1.85. The minimum Gasteiger partial charge on any atom is -0.478 e. The predicted octanol–water partition coefficient (Wildman–Crippen LogP) is -0.878. The minimum absolute atomic E-state index is 0.284. The SMILES string of the molecule is CS(=O)CCNC(=O)/C=C/C(=O)O. The van der Waals surface area contributed by atoms with Gasteiger partial charge in [-0.25, -0.2) is 4.79 Å². The first-order chi connectivity index (χ1) is 6.02. The summed E-state index contributed by atoms with van der Waals surface area (Å²) in [5.74, 6) is -1.30. The summed E-state index contributed by atoms with van der Waals surface area (Å²) in [5, 5.41) is 10.5. The number of hydrogen-bond acceptors (Lipinski definition) is 3. The van der Waals surface area contributed by atoms with Gasteiger partial charge in [-0.2, -0.15) is 0 Å². The van der Waals surface area contributed by atoms with Crippen LogP contribution in [0.1, 0.15) is 0 Å². The molecule has 0 bridgehead atoms.